The van der Waals surface area contributed by atoms with Crippen molar-refractivity contribution in [2.45, 2.75) is 25.3 Å². The van der Waals surface area contributed by atoms with Crippen LogP contribution in [0.15, 0.2) is 24.3 Å². The van der Waals surface area contributed by atoms with Gasteiger partial charge in [0.1, 0.15) is 0 Å². The summed E-state index contributed by atoms with van der Waals surface area (Å²) in [5, 5.41) is 3.60. The van der Waals surface area contributed by atoms with E-state index in [4.69, 9.17) is 0 Å². The maximum Gasteiger partial charge on any atom is 0.0375 e. The summed E-state index contributed by atoms with van der Waals surface area (Å²) in [5.41, 5.74) is 2.89. The fraction of sp³-hybridized carbons (Fsp3) is 0.455. The van der Waals surface area contributed by atoms with E-state index in [1.165, 1.54) is 30.5 Å². The van der Waals surface area contributed by atoms with Gasteiger partial charge < -0.3 is 5.32 Å². The SMILES string of the molecule is c1ccc2c(c1)CC1CCC1N2. The third kappa shape index (κ3) is 0.795. The third-order valence-electron chi connectivity index (χ3n) is 3.26. The van der Waals surface area contributed by atoms with Crippen LogP contribution in [0, 0.1) is 5.92 Å². The Labute approximate surface area is 72.8 Å². The molecular weight excluding hydrogens is 146 g/mol. The topological polar surface area (TPSA) is 12.0 Å². The molecule has 0 aromatic heterocycles. The first-order valence-corrected chi connectivity index (χ1v) is 4.78. The molecule has 1 fully saturated rings. The molecule has 1 aromatic carbocycles. The quantitative estimate of drug-likeness (QED) is 0.613. The van der Waals surface area contributed by atoms with E-state index in [9.17, 15) is 0 Å². The first-order valence-electron chi connectivity index (χ1n) is 4.78. The van der Waals surface area contributed by atoms with Crippen LogP contribution in [0.25, 0.3) is 0 Å². The van der Waals surface area contributed by atoms with Gasteiger partial charge in [-0.05, 0) is 36.8 Å². The van der Waals surface area contributed by atoms with Crippen molar-refractivity contribution in [2.75, 3.05) is 5.32 Å². The van der Waals surface area contributed by atoms with Gasteiger partial charge in [0, 0.05) is 11.7 Å². The van der Waals surface area contributed by atoms with E-state index >= 15 is 0 Å². The lowest BCUT2D eigenvalue weighted by atomic mass is 9.73. The second-order valence-corrected chi connectivity index (χ2v) is 3.95. The Morgan fingerprint density at radius 1 is 1.17 bits per heavy atom. The van der Waals surface area contributed by atoms with E-state index < -0.39 is 0 Å². The molecule has 1 aliphatic heterocycles. The Balaban J connectivity index is 2.00. The summed E-state index contributed by atoms with van der Waals surface area (Å²) in [7, 11) is 0. The van der Waals surface area contributed by atoms with Crippen molar-refractivity contribution in [3.63, 3.8) is 0 Å². The number of benzene rings is 1. The van der Waals surface area contributed by atoms with Crippen LogP contribution < -0.4 is 5.32 Å². The molecule has 12 heavy (non-hydrogen) atoms. The first-order chi connectivity index (χ1) is 5.93. The molecule has 2 atom stereocenters. The molecule has 1 N–H and O–H groups in total. The van der Waals surface area contributed by atoms with Gasteiger partial charge in [0.05, 0.1) is 0 Å². The summed E-state index contributed by atoms with van der Waals surface area (Å²) >= 11 is 0. The molecule has 1 aliphatic carbocycles. The molecule has 2 unspecified atom stereocenters. The predicted molar refractivity (Wildman–Crippen MR) is 50.3 cm³/mol. The molecule has 62 valence electrons. The first kappa shape index (κ1) is 6.53. The van der Waals surface area contributed by atoms with Crippen molar-refractivity contribution in [3.05, 3.63) is 29.8 Å². The molecule has 0 radical (unpaired) electrons. The van der Waals surface area contributed by atoms with Crippen LogP contribution in [0.4, 0.5) is 5.69 Å². The van der Waals surface area contributed by atoms with E-state index in [0.29, 0.717) is 0 Å². The summed E-state index contributed by atoms with van der Waals surface area (Å²) < 4.78 is 0. The van der Waals surface area contributed by atoms with E-state index in [0.717, 1.165) is 12.0 Å². The number of hydrogen-bond acceptors (Lipinski definition) is 1. The van der Waals surface area contributed by atoms with Gasteiger partial charge in [0.15, 0.2) is 0 Å². The lowest BCUT2D eigenvalue weighted by molar-refractivity contribution is 0.266. The fourth-order valence-electron chi connectivity index (χ4n) is 2.32. The van der Waals surface area contributed by atoms with Gasteiger partial charge in [-0.15, -0.1) is 0 Å². The number of hydrogen-bond donors (Lipinski definition) is 1. The van der Waals surface area contributed by atoms with Gasteiger partial charge in [-0.1, -0.05) is 18.2 Å². The van der Waals surface area contributed by atoms with Gasteiger partial charge in [-0.3, -0.25) is 0 Å². The molecule has 3 rings (SSSR count). The molecule has 1 heterocycles. The van der Waals surface area contributed by atoms with Crippen LogP contribution >= 0.6 is 0 Å². The highest BCUT2D eigenvalue weighted by Crippen LogP contribution is 2.39. The van der Waals surface area contributed by atoms with Crippen LogP contribution in [-0.4, -0.2) is 6.04 Å². The predicted octanol–water partition coefficient (Wildman–Crippen LogP) is 2.43. The molecule has 1 saturated carbocycles. The van der Waals surface area contributed by atoms with E-state index in [1.54, 1.807) is 0 Å². The highest BCUT2D eigenvalue weighted by atomic mass is 15.0. The van der Waals surface area contributed by atoms with Crippen molar-refractivity contribution in [1.82, 2.24) is 0 Å². The molecular formula is C11H13N. The van der Waals surface area contributed by atoms with Gasteiger partial charge in [0.2, 0.25) is 0 Å². The molecule has 0 spiro atoms. The normalized spacial score (nSPS) is 31.0. The molecule has 2 aliphatic rings. The molecule has 1 aromatic rings. The average Bonchev–Trinajstić information content (AvgIpc) is 2.09. The van der Waals surface area contributed by atoms with Crippen LogP contribution in [0.5, 0.6) is 0 Å². The summed E-state index contributed by atoms with van der Waals surface area (Å²) in [6.45, 7) is 0. The Hall–Kier alpha value is -0.980. The van der Waals surface area contributed by atoms with Crippen molar-refractivity contribution in [2.24, 2.45) is 5.92 Å². The Kier molecular flexibility index (Phi) is 1.23. The van der Waals surface area contributed by atoms with Gasteiger partial charge in [-0.2, -0.15) is 0 Å². The number of para-hydroxylation sites is 1. The zero-order valence-corrected chi connectivity index (χ0v) is 7.09. The number of fused-ring (bicyclic) bond motifs is 2. The van der Waals surface area contributed by atoms with Gasteiger partial charge in [0.25, 0.3) is 0 Å². The number of anilines is 1. The summed E-state index contributed by atoms with van der Waals surface area (Å²) in [6, 6.07) is 9.49. The van der Waals surface area contributed by atoms with Crippen LogP contribution in [0.2, 0.25) is 0 Å². The zero-order chi connectivity index (χ0) is 7.97. The molecule has 0 saturated heterocycles. The van der Waals surface area contributed by atoms with E-state index in [2.05, 4.69) is 29.6 Å². The minimum Gasteiger partial charge on any atom is -0.382 e. The number of rotatable bonds is 0. The minimum absolute atomic E-state index is 0.792. The maximum absolute atomic E-state index is 3.60. The lowest BCUT2D eigenvalue weighted by Gasteiger charge is -2.42. The maximum atomic E-state index is 3.60. The van der Waals surface area contributed by atoms with Crippen LogP contribution in [-0.2, 0) is 6.42 Å². The summed E-state index contributed by atoms with van der Waals surface area (Å²) in [5.74, 6) is 0.930. The van der Waals surface area contributed by atoms with Gasteiger partial charge in [-0.25, -0.2) is 0 Å². The smallest absolute Gasteiger partial charge is 0.0375 e. The highest BCUT2D eigenvalue weighted by Gasteiger charge is 2.34. The molecule has 1 nitrogen and oxygen atoms in total. The summed E-state index contributed by atoms with van der Waals surface area (Å²) in [6.07, 6.45) is 4.10. The second-order valence-electron chi connectivity index (χ2n) is 3.95. The van der Waals surface area contributed by atoms with Gasteiger partial charge >= 0.3 is 0 Å². The zero-order valence-electron chi connectivity index (χ0n) is 7.09. The van der Waals surface area contributed by atoms with Crippen molar-refractivity contribution >= 4 is 5.69 Å². The average molecular weight is 159 g/mol. The third-order valence-corrected chi connectivity index (χ3v) is 3.26. The molecule has 0 amide bonds. The molecule has 0 bridgehead atoms. The van der Waals surface area contributed by atoms with Crippen LogP contribution in [0.3, 0.4) is 0 Å². The Bertz CT molecular complexity index is 275. The van der Waals surface area contributed by atoms with Crippen molar-refractivity contribution < 1.29 is 0 Å². The molecule has 1 heteroatoms. The lowest BCUT2D eigenvalue weighted by Crippen LogP contribution is -2.42. The Morgan fingerprint density at radius 3 is 2.92 bits per heavy atom. The largest absolute Gasteiger partial charge is 0.382 e. The van der Waals surface area contributed by atoms with E-state index in [-0.39, 0.29) is 0 Å². The Morgan fingerprint density at radius 2 is 2.08 bits per heavy atom. The van der Waals surface area contributed by atoms with Crippen LogP contribution in [0.1, 0.15) is 18.4 Å². The van der Waals surface area contributed by atoms with Crippen molar-refractivity contribution in [3.8, 4) is 0 Å². The summed E-state index contributed by atoms with van der Waals surface area (Å²) in [4.78, 5) is 0. The highest BCUT2D eigenvalue weighted by molar-refractivity contribution is 5.54. The minimum atomic E-state index is 0.792. The van der Waals surface area contributed by atoms with E-state index in [1.807, 2.05) is 0 Å². The van der Waals surface area contributed by atoms with Crippen molar-refractivity contribution in [1.29, 1.82) is 0 Å². The second kappa shape index (κ2) is 2.25. The number of nitrogens with one attached hydrogen (secondary N) is 1. The fourth-order valence-corrected chi connectivity index (χ4v) is 2.32. The monoisotopic (exact) mass is 159 g/mol. The standard InChI is InChI=1S/C11H13N/c1-2-4-10-8(3-1)7-9-5-6-11(9)12-10/h1-4,9,11-12H,5-7H2.